The maximum Gasteiger partial charge on any atom is 0.0903 e. The summed E-state index contributed by atoms with van der Waals surface area (Å²) in [7, 11) is -1.04. The van der Waals surface area contributed by atoms with Gasteiger partial charge >= 0.3 is 0 Å². The summed E-state index contributed by atoms with van der Waals surface area (Å²) >= 11 is 0. The summed E-state index contributed by atoms with van der Waals surface area (Å²) in [6, 6.07) is 15.3. The van der Waals surface area contributed by atoms with Crippen LogP contribution in [0.2, 0.25) is 18.1 Å². The van der Waals surface area contributed by atoms with Crippen molar-refractivity contribution in [3.8, 4) is 0 Å². The molecule has 0 nitrogen and oxygen atoms in total. The molecule has 1 aromatic rings. The van der Waals surface area contributed by atoms with Crippen molar-refractivity contribution in [2.75, 3.05) is 0 Å². The molecule has 1 aliphatic heterocycles. The molecule has 0 aliphatic carbocycles. The first kappa shape index (κ1) is 8.76. The molecule has 13 heavy (non-hydrogen) atoms. The molecule has 0 N–H and O–H groups in total. The normalized spacial score (nSPS) is 19.1. The largest absolute Gasteiger partial charge is 0.103 e. The van der Waals surface area contributed by atoms with E-state index in [0.29, 0.717) is 0 Å². The van der Waals surface area contributed by atoms with E-state index in [-0.39, 0.29) is 0 Å². The second kappa shape index (κ2) is 3.50. The molecule has 0 saturated carbocycles. The summed E-state index contributed by atoms with van der Waals surface area (Å²) in [4.78, 5) is 0. The van der Waals surface area contributed by atoms with Gasteiger partial charge in [0.2, 0.25) is 0 Å². The van der Waals surface area contributed by atoms with Crippen LogP contribution in [0.3, 0.4) is 0 Å². The van der Waals surface area contributed by atoms with E-state index in [0.717, 1.165) is 0 Å². The maximum absolute atomic E-state index is 3.89. The van der Waals surface area contributed by atoms with Crippen molar-refractivity contribution in [2.24, 2.45) is 0 Å². The Balaban J connectivity index is 2.26. The molecule has 1 aliphatic rings. The average Bonchev–Trinajstić information content (AvgIpc) is 2.13. The van der Waals surface area contributed by atoms with E-state index in [2.05, 4.69) is 43.0 Å². The SMILES string of the molecule is C=CC[Si]1(c2ccccc2)CCC1. The highest BCUT2D eigenvalue weighted by Gasteiger charge is 2.39. The van der Waals surface area contributed by atoms with E-state index in [9.17, 15) is 0 Å². The molecule has 0 spiro atoms. The molecule has 0 atom stereocenters. The molecule has 1 saturated heterocycles. The van der Waals surface area contributed by atoms with Crippen molar-refractivity contribution in [3.05, 3.63) is 43.0 Å². The molecular weight excluding hydrogens is 172 g/mol. The minimum absolute atomic E-state index is 1.04. The minimum atomic E-state index is -1.04. The predicted molar refractivity (Wildman–Crippen MR) is 61.1 cm³/mol. The molecule has 2 rings (SSSR count). The van der Waals surface area contributed by atoms with Crippen LogP contribution in [0.15, 0.2) is 43.0 Å². The zero-order chi connectivity index (χ0) is 9.15. The van der Waals surface area contributed by atoms with Gasteiger partial charge in [0.15, 0.2) is 0 Å². The van der Waals surface area contributed by atoms with Gasteiger partial charge in [-0.25, -0.2) is 0 Å². The van der Waals surface area contributed by atoms with Crippen LogP contribution in [0.4, 0.5) is 0 Å². The summed E-state index contributed by atoms with van der Waals surface area (Å²) in [6.07, 6.45) is 3.56. The first-order valence-corrected chi connectivity index (χ1v) is 7.66. The highest BCUT2D eigenvalue weighted by atomic mass is 28.3. The van der Waals surface area contributed by atoms with Gasteiger partial charge in [-0.2, -0.15) is 0 Å². The van der Waals surface area contributed by atoms with Crippen molar-refractivity contribution >= 4 is 13.3 Å². The molecule has 1 fully saturated rings. The second-order valence-corrected chi connectivity index (χ2v) is 8.54. The Morgan fingerprint density at radius 1 is 1.23 bits per heavy atom. The fourth-order valence-electron chi connectivity index (χ4n) is 2.28. The Morgan fingerprint density at radius 3 is 2.38 bits per heavy atom. The second-order valence-electron chi connectivity index (χ2n) is 3.99. The Hall–Kier alpha value is -0.823. The molecule has 1 heterocycles. The number of benzene rings is 1. The van der Waals surface area contributed by atoms with Crippen LogP contribution < -0.4 is 5.19 Å². The monoisotopic (exact) mass is 188 g/mol. The fraction of sp³-hybridized carbons (Fsp3) is 0.333. The quantitative estimate of drug-likeness (QED) is 0.505. The van der Waals surface area contributed by atoms with Crippen molar-refractivity contribution in [1.29, 1.82) is 0 Å². The van der Waals surface area contributed by atoms with Crippen molar-refractivity contribution in [2.45, 2.75) is 24.6 Å². The summed E-state index contributed by atoms with van der Waals surface area (Å²) in [5.41, 5.74) is 0. The van der Waals surface area contributed by atoms with Gasteiger partial charge in [-0.1, -0.05) is 60.1 Å². The van der Waals surface area contributed by atoms with Crippen LogP contribution in [-0.4, -0.2) is 8.07 Å². The molecule has 0 bridgehead atoms. The van der Waals surface area contributed by atoms with Gasteiger partial charge in [-0.3, -0.25) is 0 Å². The first-order chi connectivity index (χ1) is 6.37. The molecular formula is C12H16Si. The van der Waals surface area contributed by atoms with Crippen molar-refractivity contribution in [1.82, 2.24) is 0 Å². The number of hydrogen-bond donors (Lipinski definition) is 0. The Kier molecular flexibility index (Phi) is 2.36. The van der Waals surface area contributed by atoms with Gasteiger partial charge in [0, 0.05) is 0 Å². The molecule has 1 heteroatoms. The average molecular weight is 188 g/mol. The van der Waals surface area contributed by atoms with E-state index < -0.39 is 8.07 Å². The number of hydrogen-bond acceptors (Lipinski definition) is 0. The smallest absolute Gasteiger partial charge is 0.0903 e. The lowest BCUT2D eigenvalue weighted by atomic mass is 10.4. The van der Waals surface area contributed by atoms with Crippen molar-refractivity contribution < 1.29 is 0 Å². The minimum Gasteiger partial charge on any atom is -0.103 e. The Morgan fingerprint density at radius 2 is 1.92 bits per heavy atom. The van der Waals surface area contributed by atoms with Crippen molar-refractivity contribution in [3.63, 3.8) is 0 Å². The number of allylic oxidation sites excluding steroid dienone is 1. The summed E-state index contributed by atoms with van der Waals surface area (Å²) < 4.78 is 0. The third-order valence-electron chi connectivity index (χ3n) is 3.23. The van der Waals surface area contributed by atoms with Gasteiger partial charge in [0.1, 0.15) is 0 Å². The van der Waals surface area contributed by atoms with Gasteiger partial charge in [-0.05, 0) is 6.04 Å². The lowest BCUT2D eigenvalue weighted by Gasteiger charge is -2.39. The van der Waals surface area contributed by atoms with Crippen LogP contribution in [0, 0.1) is 0 Å². The Bertz CT molecular complexity index is 285. The van der Waals surface area contributed by atoms with Crippen LogP contribution in [-0.2, 0) is 0 Å². The molecule has 68 valence electrons. The van der Waals surface area contributed by atoms with Crippen LogP contribution in [0.5, 0.6) is 0 Å². The van der Waals surface area contributed by atoms with E-state index in [1.54, 1.807) is 5.19 Å². The summed E-state index contributed by atoms with van der Waals surface area (Å²) in [5.74, 6) is 0. The summed E-state index contributed by atoms with van der Waals surface area (Å²) in [6.45, 7) is 3.89. The number of rotatable bonds is 3. The van der Waals surface area contributed by atoms with Crippen LogP contribution in [0.1, 0.15) is 6.42 Å². The van der Waals surface area contributed by atoms with Crippen LogP contribution in [0.25, 0.3) is 0 Å². The molecule has 1 aromatic carbocycles. The highest BCUT2D eigenvalue weighted by molar-refractivity contribution is 6.94. The van der Waals surface area contributed by atoms with E-state index in [4.69, 9.17) is 0 Å². The zero-order valence-electron chi connectivity index (χ0n) is 8.00. The third-order valence-corrected chi connectivity index (χ3v) is 8.48. The molecule has 0 amide bonds. The highest BCUT2D eigenvalue weighted by Crippen LogP contribution is 2.35. The van der Waals surface area contributed by atoms with Gasteiger partial charge in [0.25, 0.3) is 0 Å². The molecule has 0 radical (unpaired) electrons. The van der Waals surface area contributed by atoms with Gasteiger partial charge in [0.05, 0.1) is 8.07 Å². The lowest BCUT2D eigenvalue weighted by molar-refractivity contribution is 0.906. The lowest BCUT2D eigenvalue weighted by Crippen LogP contribution is -2.52. The molecule has 0 unspecified atom stereocenters. The molecule has 0 aromatic heterocycles. The summed E-state index contributed by atoms with van der Waals surface area (Å²) in [5, 5.41) is 1.64. The predicted octanol–water partition coefficient (Wildman–Crippen LogP) is 2.93. The topological polar surface area (TPSA) is 0 Å². The standard InChI is InChI=1S/C12H16Si/c1-2-9-13(10-6-11-13)12-7-4-3-5-8-12/h2-5,7-8H,1,6,9-11H2. The third kappa shape index (κ3) is 1.48. The van der Waals surface area contributed by atoms with E-state index in [1.165, 1.54) is 24.6 Å². The fourth-order valence-corrected chi connectivity index (χ4v) is 6.16. The first-order valence-electron chi connectivity index (χ1n) is 5.04. The zero-order valence-corrected chi connectivity index (χ0v) is 9.00. The van der Waals surface area contributed by atoms with Gasteiger partial charge < -0.3 is 0 Å². The van der Waals surface area contributed by atoms with E-state index in [1.807, 2.05) is 0 Å². The van der Waals surface area contributed by atoms with Crippen LogP contribution >= 0.6 is 0 Å². The van der Waals surface area contributed by atoms with E-state index >= 15 is 0 Å². The maximum atomic E-state index is 3.89. The van der Waals surface area contributed by atoms with Gasteiger partial charge in [-0.15, -0.1) is 6.58 Å². The Labute approximate surface area is 81.3 Å².